The van der Waals surface area contributed by atoms with E-state index in [0.29, 0.717) is 35.2 Å². The summed E-state index contributed by atoms with van der Waals surface area (Å²) >= 11 is 12.7. The molecule has 1 atom stereocenters. The molecule has 0 bridgehead atoms. The zero-order valence-corrected chi connectivity index (χ0v) is 20.5. The Balaban J connectivity index is 1.41. The van der Waals surface area contributed by atoms with Crippen molar-refractivity contribution in [2.75, 3.05) is 16.8 Å². The van der Waals surface area contributed by atoms with Crippen LogP contribution in [0.4, 0.5) is 16.2 Å². The summed E-state index contributed by atoms with van der Waals surface area (Å²) in [6.45, 7) is 2.95. The average Bonchev–Trinajstić information content (AvgIpc) is 2.80. The van der Waals surface area contributed by atoms with Gasteiger partial charge in [0.25, 0.3) is 0 Å². The monoisotopic (exact) mass is 495 g/mol. The van der Waals surface area contributed by atoms with Crippen molar-refractivity contribution in [1.29, 1.82) is 0 Å². The van der Waals surface area contributed by atoms with E-state index in [1.807, 2.05) is 49.4 Å². The Morgan fingerprint density at radius 2 is 1.71 bits per heavy atom. The number of rotatable bonds is 6. The first kappa shape index (κ1) is 24.1. The summed E-state index contributed by atoms with van der Waals surface area (Å²) in [4.78, 5) is 26.8. The lowest BCUT2D eigenvalue weighted by Crippen LogP contribution is -2.41. The van der Waals surface area contributed by atoms with Crippen LogP contribution >= 0.6 is 23.2 Å². The fourth-order valence-electron chi connectivity index (χ4n) is 4.36. The van der Waals surface area contributed by atoms with Gasteiger partial charge in [0.05, 0.1) is 15.7 Å². The van der Waals surface area contributed by atoms with Gasteiger partial charge in [-0.25, -0.2) is 4.79 Å². The van der Waals surface area contributed by atoms with Crippen molar-refractivity contribution in [3.8, 4) is 0 Å². The van der Waals surface area contributed by atoms with Crippen molar-refractivity contribution in [1.82, 2.24) is 5.32 Å². The molecule has 5 nitrogen and oxygen atoms in total. The van der Waals surface area contributed by atoms with E-state index in [-0.39, 0.29) is 17.9 Å². The van der Waals surface area contributed by atoms with E-state index in [2.05, 4.69) is 16.7 Å². The van der Waals surface area contributed by atoms with Gasteiger partial charge in [-0.1, -0.05) is 65.7 Å². The summed E-state index contributed by atoms with van der Waals surface area (Å²) in [5.41, 5.74) is 4.64. The number of hydrogen-bond acceptors (Lipinski definition) is 2. The van der Waals surface area contributed by atoms with Crippen molar-refractivity contribution in [2.45, 2.75) is 32.7 Å². The summed E-state index contributed by atoms with van der Waals surface area (Å²) < 4.78 is 0. The van der Waals surface area contributed by atoms with Gasteiger partial charge in [-0.15, -0.1) is 0 Å². The van der Waals surface area contributed by atoms with Crippen molar-refractivity contribution < 1.29 is 9.59 Å². The SMILES string of the molecule is Cc1cccc(NC(=O)NCc2ccccc2CC2CCC(=O)N(c3c(Cl)cccc3Cl)C2)c1. The first-order valence-electron chi connectivity index (χ1n) is 11.3. The Kier molecular flexibility index (Phi) is 7.76. The summed E-state index contributed by atoms with van der Waals surface area (Å²) in [6, 6.07) is 20.8. The maximum Gasteiger partial charge on any atom is 0.319 e. The normalized spacial score (nSPS) is 15.8. The molecule has 176 valence electrons. The first-order valence-corrected chi connectivity index (χ1v) is 12.1. The Morgan fingerprint density at radius 1 is 1.00 bits per heavy atom. The number of aryl methyl sites for hydroxylation is 1. The second-order valence-electron chi connectivity index (χ2n) is 8.63. The van der Waals surface area contributed by atoms with Gasteiger partial charge >= 0.3 is 6.03 Å². The van der Waals surface area contributed by atoms with Crippen LogP contribution in [0.2, 0.25) is 10.0 Å². The number of hydrogen-bond donors (Lipinski definition) is 2. The predicted molar refractivity (Wildman–Crippen MR) is 139 cm³/mol. The molecule has 1 aliphatic rings. The Bertz CT molecular complexity index is 1180. The standard InChI is InChI=1S/C27H27Cl2N3O2/c1-18-6-4-9-22(14-18)31-27(34)30-16-21-8-3-2-7-20(21)15-19-12-13-25(33)32(17-19)26-23(28)10-5-11-24(26)29/h2-11,14,19H,12-13,15-17H2,1H3,(H2,30,31,34). The van der Waals surface area contributed by atoms with Gasteiger partial charge in [0.2, 0.25) is 5.91 Å². The van der Waals surface area contributed by atoms with Crippen molar-refractivity contribution in [2.24, 2.45) is 5.92 Å². The highest BCUT2D eigenvalue weighted by Gasteiger charge is 2.29. The third kappa shape index (κ3) is 5.91. The van der Waals surface area contributed by atoms with Crippen LogP contribution in [0.5, 0.6) is 0 Å². The number of anilines is 2. The molecule has 7 heteroatoms. The Morgan fingerprint density at radius 3 is 2.44 bits per heavy atom. The molecule has 0 aliphatic carbocycles. The van der Waals surface area contributed by atoms with Crippen LogP contribution in [0.3, 0.4) is 0 Å². The van der Waals surface area contributed by atoms with E-state index < -0.39 is 0 Å². The van der Waals surface area contributed by atoms with Crippen LogP contribution in [-0.2, 0) is 17.8 Å². The number of nitrogens with zero attached hydrogens (tertiary/aromatic N) is 1. The fourth-order valence-corrected chi connectivity index (χ4v) is 4.96. The Hall–Kier alpha value is -3.02. The molecular formula is C27H27Cl2N3O2. The molecule has 3 amide bonds. The molecule has 1 heterocycles. The van der Waals surface area contributed by atoms with E-state index in [9.17, 15) is 9.59 Å². The van der Waals surface area contributed by atoms with Crippen LogP contribution in [0.1, 0.15) is 29.5 Å². The number of para-hydroxylation sites is 1. The van der Waals surface area contributed by atoms with Gasteiger partial charge in [0, 0.05) is 25.2 Å². The number of carbonyl (C=O) groups excluding carboxylic acids is 2. The molecule has 4 rings (SSSR count). The maximum atomic E-state index is 12.7. The second kappa shape index (κ2) is 10.9. The molecule has 1 fully saturated rings. The first-order chi connectivity index (χ1) is 16.4. The molecule has 34 heavy (non-hydrogen) atoms. The minimum Gasteiger partial charge on any atom is -0.334 e. The summed E-state index contributed by atoms with van der Waals surface area (Å²) in [5.74, 6) is 0.293. The number of benzene rings is 3. The number of halogens is 2. The van der Waals surface area contributed by atoms with E-state index in [0.717, 1.165) is 35.2 Å². The molecule has 0 spiro atoms. The van der Waals surface area contributed by atoms with Crippen LogP contribution in [0.15, 0.2) is 66.7 Å². The van der Waals surface area contributed by atoms with Gasteiger partial charge in [0.1, 0.15) is 0 Å². The maximum absolute atomic E-state index is 12.7. The molecule has 0 radical (unpaired) electrons. The van der Waals surface area contributed by atoms with Gasteiger partial charge in [0.15, 0.2) is 0 Å². The molecule has 1 unspecified atom stereocenters. The van der Waals surface area contributed by atoms with Gasteiger partial charge in [-0.05, 0) is 66.6 Å². The van der Waals surface area contributed by atoms with Gasteiger partial charge in [-0.2, -0.15) is 0 Å². The summed E-state index contributed by atoms with van der Waals surface area (Å²) in [7, 11) is 0. The molecule has 1 aliphatic heterocycles. The third-order valence-corrected chi connectivity index (χ3v) is 6.67. The molecule has 2 N–H and O–H groups in total. The Labute approximate surface area is 210 Å². The smallest absolute Gasteiger partial charge is 0.319 e. The zero-order valence-electron chi connectivity index (χ0n) is 19.0. The van der Waals surface area contributed by atoms with Crippen LogP contribution in [0, 0.1) is 12.8 Å². The highest BCUT2D eigenvalue weighted by Crippen LogP contribution is 2.37. The minimum absolute atomic E-state index is 0.0361. The minimum atomic E-state index is -0.247. The molecule has 0 saturated carbocycles. The lowest BCUT2D eigenvalue weighted by molar-refractivity contribution is -0.120. The van der Waals surface area contributed by atoms with Crippen LogP contribution < -0.4 is 15.5 Å². The van der Waals surface area contributed by atoms with Gasteiger partial charge in [-0.3, -0.25) is 4.79 Å². The highest BCUT2D eigenvalue weighted by molar-refractivity contribution is 6.39. The number of piperidine rings is 1. The third-order valence-electron chi connectivity index (χ3n) is 6.06. The summed E-state index contributed by atoms with van der Waals surface area (Å²) in [6.07, 6.45) is 2.04. The zero-order chi connectivity index (χ0) is 24.1. The molecule has 1 saturated heterocycles. The molecular weight excluding hydrogens is 469 g/mol. The number of nitrogens with one attached hydrogen (secondary N) is 2. The number of urea groups is 1. The fraction of sp³-hybridized carbons (Fsp3) is 0.259. The molecule has 3 aromatic rings. The lowest BCUT2D eigenvalue weighted by atomic mass is 9.89. The van der Waals surface area contributed by atoms with Crippen molar-refractivity contribution in [3.05, 3.63) is 93.5 Å². The van der Waals surface area contributed by atoms with E-state index in [1.54, 1.807) is 23.1 Å². The topological polar surface area (TPSA) is 61.4 Å². The van der Waals surface area contributed by atoms with Crippen LogP contribution in [-0.4, -0.2) is 18.5 Å². The van der Waals surface area contributed by atoms with Crippen molar-refractivity contribution >= 4 is 46.5 Å². The van der Waals surface area contributed by atoms with Crippen molar-refractivity contribution in [3.63, 3.8) is 0 Å². The van der Waals surface area contributed by atoms with E-state index in [1.165, 1.54) is 0 Å². The van der Waals surface area contributed by atoms with E-state index in [4.69, 9.17) is 23.2 Å². The van der Waals surface area contributed by atoms with Gasteiger partial charge < -0.3 is 15.5 Å². The largest absolute Gasteiger partial charge is 0.334 e. The van der Waals surface area contributed by atoms with E-state index >= 15 is 0 Å². The number of amides is 3. The lowest BCUT2D eigenvalue weighted by Gasteiger charge is -2.34. The molecule has 0 aromatic heterocycles. The highest BCUT2D eigenvalue weighted by atomic mass is 35.5. The summed E-state index contributed by atoms with van der Waals surface area (Å²) in [5, 5.41) is 6.78. The quantitative estimate of drug-likeness (QED) is 0.404. The second-order valence-corrected chi connectivity index (χ2v) is 9.44. The predicted octanol–water partition coefficient (Wildman–Crippen LogP) is 6.61. The van der Waals surface area contributed by atoms with Crippen LogP contribution in [0.25, 0.3) is 0 Å². The average molecular weight is 496 g/mol. The number of carbonyl (C=O) groups is 2. The molecule has 3 aromatic carbocycles.